The second-order valence-electron chi connectivity index (χ2n) is 3.91. The van der Waals surface area contributed by atoms with Crippen molar-refractivity contribution in [3.05, 3.63) is 35.9 Å². The molecule has 0 spiro atoms. The Morgan fingerprint density at radius 3 is 2.53 bits per heavy atom. The van der Waals surface area contributed by atoms with E-state index < -0.39 is 10.0 Å². The molecule has 17 heavy (non-hydrogen) atoms. The molecule has 0 aliphatic rings. The Labute approximate surface area is 108 Å². The first-order valence-electron chi connectivity index (χ1n) is 5.69. The number of hydrogen-bond donors (Lipinski definition) is 1. The molecule has 0 bridgehead atoms. The SMILES string of the molecule is CCC(Cl)CNS(=O)(=O)CCc1ccccc1. The van der Waals surface area contributed by atoms with Crippen LogP contribution in [-0.2, 0) is 16.4 Å². The minimum Gasteiger partial charge on any atom is -0.214 e. The van der Waals surface area contributed by atoms with Gasteiger partial charge in [0, 0.05) is 11.9 Å². The maximum atomic E-state index is 11.7. The average molecular weight is 276 g/mol. The van der Waals surface area contributed by atoms with Crippen molar-refractivity contribution in [2.45, 2.75) is 25.1 Å². The molecule has 1 rings (SSSR count). The summed E-state index contributed by atoms with van der Waals surface area (Å²) in [4.78, 5) is 0. The van der Waals surface area contributed by atoms with E-state index in [1.807, 2.05) is 37.3 Å². The van der Waals surface area contributed by atoms with Crippen LogP contribution in [0, 0.1) is 0 Å². The van der Waals surface area contributed by atoms with E-state index >= 15 is 0 Å². The Hall–Kier alpha value is -0.580. The average Bonchev–Trinajstić information content (AvgIpc) is 2.35. The molecule has 0 heterocycles. The monoisotopic (exact) mass is 275 g/mol. The number of benzene rings is 1. The van der Waals surface area contributed by atoms with Crippen LogP contribution in [0.4, 0.5) is 0 Å². The molecule has 0 aromatic heterocycles. The largest absolute Gasteiger partial charge is 0.214 e. The van der Waals surface area contributed by atoms with Gasteiger partial charge in [-0.3, -0.25) is 0 Å². The van der Waals surface area contributed by atoms with Crippen LogP contribution in [-0.4, -0.2) is 26.1 Å². The summed E-state index contributed by atoms with van der Waals surface area (Å²) in [6.07, 6.45) is 1.28. The lowest BCUT2D eigenvalue weighted by molar-refractivity contribution is 0.578. The zero-order valence-corrected chi connectivity index (χ0v) is 11.5. The molecule has 1 aromatic rings. The Morgan fingerprint density at radius 1 is 1.29 bits per heavy atom. The molecule has 3 nitrogen and oxygen atoms in total. The second kappa shape index (κ2) is 6.99. The molecule has 0 saturated carbocycles. The maximum Gasteiger partial charge on any atom is 0.211 e. The van der Waals surface area contributed by atoms with Crippen molar-refractivity contribution < 1.29 is 8.42 Å². The highest BCUT2D eigenvalue weighted by Gasteiger charge is 2.12. The van der Waals surface area contributed by atoms with E-state index in [1.54, 1.807) is 0 Å². The zero-order chi connectivity index (χ0) is 12.7. The third kappa shape index (κ3) is 6.05. The minimum atomic E-state index is -3.22. The molecule has 0 radical (unpaired) electrons. The fraction of sp³-hybridized carbons (Fsp3) is 0.500. The van der Waals surface area contributed by atoms with E-state index in [4.69, 9.17) is 11.6 Å². The van der Waals surface area contributed by atoms with Crippen LogP contribution in [0.1, 0.15) is 18.9 Å². The fourth-order valence-corrected chi connectivity index (χ4v) is 2.60. The van der Waals surface area contributed by atoms with Crippen molar-refractivity contribution in [3.63, 3.8) is 0 Å². The molecule has 0 saturated heterocycles. The van der Waals surface area contributed by atoms with E-state index in [1.165, 1.54) is 0 Å². The van der Waals surface area contributed by atoms with Gasteiger partial charge in [-0.1, -0.05) is 37.3 Å². The van der Waals surface area contributed by atoms with Crippen molar-refractivity contribution in [2.24, 2.45) is 0 Å². The summed E-state index contributed by atoms with van der Waals surface area (Å²) in [6.45, 7) is 2.23. The third-order valence-corrected chi connectivity index (χ3v) is 4.28. The highest BCUT2D eigenvalue weighted by molar-refractivity contribution is 7.89. The highest BCUT2D eigenvalue weighted by Crippen LogP contribution is 2.03. The number of aryl methyl sites for hydroxylation is 1. The van der Waals surface area contributed by atoms with Crippen molar-refractivity contribution in [3.8, 4) is 0 Å². The van der Waals surface area contributed by atoms with Gasteiger partial charge in [0.2, 0.25) is 10.0 Å². The molecule has 1 aromatic carbocycles. The first-order valence-corrected chi connectivity index (χ1v) is 7.77. The van der Waals surface area contributed by atoms with Crippen LogP contribution in [0.25, 0.3) is 0 Å². The van der Waals surface area contributed by atoms with Crippen LogP contribution in [0.3, 0.4) is 0 Å². The molecule has 0 aliphatic heterocycles. The minimum absolute atomic E-state index is 0.102. The van der Waals surface area contributed by atoms with Gasteiger partial charge in [-0.05, 0) is 18.4 Å². The first kappa shape index (κ1) is 14.5. The lowest BCUT2D eigenvalue weighted by Crippen LogP contribution is -2.32. The van der Waals surface area contributed by atoms with E-state index in [-0.39, 0.29) is 11.1 Å². The molecule has 5 heteroatoms. The Morgan fingerprint density at radius 2 is 1.94 bits per heavy atom. The molecule has 1 atom stereocenters. The van der Waals surface area contributed by atoms with E-state index in [0.29, 0.717) is 13.0 Å². The van der Waals surface area contributed by atoms with Crippen LogP contribution in [0.15, 0.2) is 30.3 Å². The predicted octanol–water partition coefficient (Wildman–Crippen LogP) is 2.17. The predicted molar refractivity (Wildman–Crippen MR) is 71.9 cm³/mol. The van der Waals surface area contributed by atoms with Crippen LogP contribution >= 0.6 is 11.6 Å². The molecular formula is C12H18ClNO2S. The van der Waals surface area contributed by atoms with Crippen molar-refractivity contribution in [2.75, 3.05) is 12.3 Å². The van der Waals surface area contributed by atoms with Gasteiger partial charge in [-0.25, -0.2) is 13.1 Å². The van der Waals surface area contributed by atoms with Crippen LogP contribution < -0.4 is 4.72 Å². The summed E-state index contributed by atoms with van der Waals surface area (Å²) in [6, 6.07) is 9.57. The molecule has 0 aliphatic carbocycles. The molecule has 0 fully saturated rings. The number of hydrogen-bond acceptors (Lipinski definition) is 2. The van der Waals surface area contributed by atoms with Crippen LogP contribution in [0.5, 0.6) is 0 Å². The number of rotatable bonds is 7. The zero-order valence-electron chi connectivity index (χ0n) is 9.90. The van der Waals surface area contributed by atoms with Gasteiger partial charge in [0.1, 0.15) is 0 Å². The van der Waals surface area contributed by atoms with Crippen molar-refractivity contribution in [1.29, 1.82) is 0 Å². The lowest BCUT2D eigenvalue weighted by Gasteiger charge is -2.09. The highest BCUT2D eigenvalue weighted by atomic mass is 35.5. The third-order valence-electron chi connectivity index (χ3n) is 2.47. The van der Waals surface area contributed by atoms with Crippen molar-refractivity contribution in [1.82, 2.24) is 4.72 Å². The van der Waals surface area contributed by atoms with E-state index in [2.05, 4.69) is 4.72 Å². The smallest absolute Gasteiger partial charge is 0.211 e. The normalized spacial score (nSPS) is 13.5. The van der Waals surface area contributed by atoms with E-state index in [9.17, 15) is 8.42 Å². The molecule has 96 valence electrons. The number of halogens is 1. The Balaban J connectivity index is 2.40. The molecule has 0 amide bonds. The Bertz CT molecular complexity index is 419. The quantitative estimate of drug-likeness (QED) is 0.775. The number of nitrogens with one attached hydrogen (secondary N) is 1. The Kier molecular flexibility index (Phi) is 5.95. The summed E-state index contributed by atoms with van der Waals surface area (Å²) in [5.74, 6) is 0.102. The maximum absolute atomic E-state index is 11.7. The first-order chi connectivity index (χ1) is 8.03. The van der Waals surface area contributed by atoms with Gasteiger partial charge in [0.05, 0.1) is 5.75 Å². The van der Waals surface area contributed by atoms with Crippen molar-refractivity contribution >= 4 is 21.6 Å². The number of alkyl halides is 1. The standard InChI is InChI=1S/C12H18ClNO2S/c1-2-12(13)10-14-17(15,16)9-8-11-6-4-3-5-7-11/h3-7,12,14H,2,8-10H2,1H3. The summed E-state index contributed by atoms with van der Waals surface area (Å²) in [7, 11) is -3.22. The second-order valence-corrected chi connectivity index (χ2v) is 6.45. The van der Waals surface area contributed by atoms with Gasteiger partial charge in [-0.15, -0.1) is 11.6 Å². The summed E-state index contributed by atoms with van der Waals surface area (Å²) in [5.41, 5.74) is 1.02. The summed E-state index contributed by atoms with van der Waals surface area (Å²) in [5, 5.41) is -0.137. The molecular weight excluding hydrogens is 258 g/mol. The fourth-order valence-electron chi connectivity index (χ4n) is 1.33. The lowest BCUT2D eigenvalue weighted by atomic mass is 10.2. The van der Waals surface area contributed by atoms with Gasteiger partial charge in [-0.2, -0.15) is 0 Å². The van der Waals surface area contributed by atoms with Crippen LogP contribution in [0.2, 0.25) is 0 Å². The van der Waals surface area contributed by atoms with E-state index in [0.717, 1.165) is 12.0 Å². The van der Waals surface area contributed by atoms with Gasteiger partial charge in [0.15, 0.2) is 0 Å². The van der Waals surface area contributed by atoms with Gasteiger partial charge in [0.25, 0.3) is 0 Å². The molecule has 1 N–H and O–H groups in total. The molecule has 1 unspecified atom stereocenters. The summed E-state index contributed by atoms with van der Waals surface area (Å²) < 4.78 is 25.8. The summed E-state index contributed by atoms with van der Waals surface area (Å²) >= 11 is 5.86. The van der Waals surface area contributed by atoms with Gasteiger partial charge >= 0.3 is 0 Å². The topological polar surface area (TPSA) is 46.2 Å². The van der Waals surface area contributed by atoms with Gasteiger partial charge < -0.3 is 0 Å². The number of sulfonamides is 1.